The zero-order valence-corrected chi connectivity index (χ0v) is 17.7. The second-order valence-electron chi connectivity index (χ2n) is 7.04. The highest BCUT2D eigenvalue weighted by atomic mass is 35.5. The van der Waals surface area contributed by atoms with Gasteiger partial charge < -0.3 is 10.2 Å². The van der Waals surface area contributed by atoms with E-state index in [1.54, 1.807) is 13.8 Å². The van der Waals surface area contributed by atoms with Crippen LogP contribution in [0.1, 0.15) is 36.7 Å². The molecule has 0 bridgehead atoms. The molecule has 0 aromatic heterocycles. The van der Waals surface area contributed by atoms with Gasteiger partial charge in [0.1, 0.15) is 0 Å². The Morgan fingerprint density at radius 3 is 2.64 bits per heavy atom. The van der Waals surface area contributed by atoms with Crippen molar-refractivity contribution in [1.82, 2.24) is 4.72 Å². The summed E-state index contributed by atoms with van der Waals surface area (Å²) in [4.78, 5) is 15.0. The van der Waals surface area contributed by atoms with Gasteiger partial charge in [-0.15, -0.1) is 0 Å². The molecule has 3 rings (SSSR count). The third kappa shape index (κ3) is 4.32. The smallest absolute Gasteiger partial charge is 0.257 e. The van der Waals surface area contributed by atoms with Crippen LogP contribution >= 0.6 is 11.6 Å². The molecule has 2 aromatic carbocycles. The van der Waals surface area contributed by atoms with E-state index in [4.69, 9.17) is 11.6 Å². The quantitative estimate of drug-likeness (QED) is 0.746. The Kier molecular flexibility index (Phi) is 5.98. The largest absolute Gasteiger partial charge is 0.371 e. The topological polar surface area (TPSA) is 78.5 Å². The minimum Gasteiger partial charge on any atom is -0.371 e. The lowest BCUT2D eigenvalue weighted by Gasteiger charge is -2.17. The van der Waals surface area contributed by atoms with E-state index in [0.29, 0.717) is 5.69 Å². The first-order chi connectivity index (χ1) is 13.2. The highest BCUT2D eigenvalue weighted by molar-refractivity contribution is 7.89. The van der Waals surface area contributed by atoms with Crippen LogP contribution in [-0.4, -0.2) is 33.5 Å². The summed E-state index contributed by atoms with van der Waals surface area (Å²) in [6.45, 7) is 7.43. The van der Waals surface area contributed by atoms with Gasteiger partial charge in [0.2, 0.25) is 10.0 Å². The molecule has 8 heteroatoms. The van der Waals surface area contributed by atoms with Gasteiger partial charge in [0, 0.05) is 30.5 Å². The number of amides is 1. The number of benzene rings is 2. The first kappa shape index (κ1) is 20.6. The van der Waals surface area contributed by atoms with E-state index < -0.39 is 15.9 Å². The molecule has 2 N–H and O–H groups in total. The van der Waals surface area contributed by atoms with Crippen molar-refractivity contribution >= 4 is 38.9 Å². The maximum Gasteiger partial charge on any atom is 0.257 e. The van der Waals surface area contributed by atoms with Crippen LogP contribution in [0.5, 0.6) is 0 Å². The van der Waals surface area contributed by atoms with Crippen molar-refractivity contribution in [3.05, 3.63) is 52.5 Å². The number of carbonyl (C=O) groups is 1. The number of anilines is 2. The lowest BCUT2D eigenvalue weighted by Crippen LogP contribution is -2.30. The molecular weight excluding hydrogens is 398 g/mol. The summed E-state index contributed by atoms with van der Waals surface area (Å²) in [5.41, 5.74) is 3.13. The van der Waals surface area contributed by atoms with Crippen LogP contribution < -0.4 is 14.9 Å². The fraction of sp³-hybridized carbons (Fsp3) is 0.350. The van der Waals surface area contributed by atoms with E-state index in [0.717, 1.165) is 25.2 Å². The molecule has 0 fully saturated rings. The van der Waals surface area contributed by atoms with Crippen LogP contribution in [-0.2, 0) is 16.4 Å². The second kappa shape index (κ2) is 8.11. The summed E-state index contributed by atoms with van der Waals surface area (Å²) in [6, 6.07) is 9.66. The summed E-state index contributed by atoms with van der Waals surface area (Å²) >= 11 is 6.17. The van der Waals surface area contributed by atoms with Gasteiger partial charge >= 0.3 is 0 Å². The van der Waals surface area contributed by atoms with Crippen molar-refractivity contribution in [2.45, 2.75) is 38.1 Å². The van der Waals surface area contributed by atoms with Gasteiger partial charge in [-0.1, -0.05) is 17.7 Å². The molecule has 0 atom stereocenters. The number of nitrogens with one attached hydrogen (secondary N) is 2. The SMILES string of the molecule is CCN1CCc2ccc(NC(=O)c3cc(S(=O)(=O)NC(C)C)ccc3Cl)cc21. The van der Waals surface area contributed by atoms with Gasteiger partial charge in [-0.3, -0.25) is 4.79 Å². The Morgan fingerprint density at radius 2 is 1.96 bits per heavy atom. The fourth-order valence-corrected chi connectivity index (χ4v) is 4.75. The van der Waals surface area contributed by atoms with E-state index in [1.807, 2.05) is 18.2 Å². The fourth-order valence-electron chi connectivity index (χ4n) is 3.27. The molecule has 2 aromatic rings. The van der Waals surface area contributed by atoms with E-state index in [2.05, 4.69) is 21.9 Å². The number of rotatable bonds is 6. The third-order valence-electron chi connectivity index (χ3n) is 4.60. The number of halogens is 1. The minimum atomic E-state index is -3.72. The van der Waals surface area contributed by atoms with Crippen LogP contribution in [0, 0.1) is 0 Å². The number of nitrogens with zero attached hydrogens (tertiary/aromatic N) is 1. The van der Waals surface area contributed by atoms with Crippen LogP contribution in [0.2, 0.25) is 5.02 Å². The van der Waals surface area contributed by atoms with Crippen LogP contribution in [0.3, 0.4) is 0 Å². The first-order valence-corrected chi connectivity index (χ1v) is 11.1. The maximum absolute atomic E-state index is 12.8. The minimum absolute atomic E-state index is 0.00172. The number of likely N-dealkylation sites (N-methyl/N-ethyl adjacent to an activating group) is 1. The molecular formula is C20H24ClN3O3S. The third-order valence-corrected chi connectivity index (χ3v) is 6.59. The lowest BCUT2D eigenvalue weighted by atomic mass is 10.1. The lowest BCUT2D eigenvalue weighted by molar-refractivity contribution is 0.102. The Labute approximate surface area is 170 Å². The van der Waals surface area contributed by atoms with Crippen molar-refractivity contribution in [2.75, 3.05) is 23.3 Å². The number of sulfonamides is 1. The zero-order chi connectivity index (χ0) is 20.5. The molecule has 0 unspecified atom stereocenters. The van der Waals surface area contributed by atoms with Crippen LogP contribution in [0.4, 0.5) is 11.4 Å². The highest BCUT2D eigenvalue weighted by Crippen LogP contribution is 2.31. The van der Waals surface area contributed by atoms with Gasteiger partial charge in [-0.2, -0.15) is 0 Å². The molecule has 0 spiro atoms. The highest BCUT2D eigenvalue weighted by Gasteiger charge is 2.21. The van der Waals surface area contributed by atoms with Crippen molar-refractivity contribution in [3.8, 4) is 0 Å². The van der Waals surface area contributed by atoms with Crippen molar-refractivity contribution < 1.29 is 13.2 Å². The summed E-state index contributed by atoms with van der Waals surface area (Å²) in [5, 5.41) is 3.02. The number of hydrogen-bond donors (Lipinski definition) is 2. The molecule has 0 saturated carbocycles. The Hall–Kier alpha value is -2.09. The Balaban J connectivity index is 1.86. The molecule has 1 amide bonds. The van der Waals surface area contributed by atoms with Gasteiger partial charge in [0.25, 0.3) is 5.91 Å². The van der Waals surface area contributed by atoms with E-state index in [-0.39, 0.29) is 21.5 Å². The second-order valence-corrected chi connectivity index (χ2v) is 9.17. The Bertz CT molecular complexity index is 1010. The molecule has 1 aliphatic rings. The summed E-state index contributed by atoms with van der Waals surface area (Å²) in [7, 11) is -3.72. The molecule has 0 radical (unpaired) electrons. The average Bonchev–Trinajstić information content (AvgIpc) is 3.03. The van der Waals surface area contributed by atoms with Gasteiger partial charge in [-0.25, -0.2) is 13.1 Å². The molecule has 1 heterocycles. The first-order valence-electron chi connectivity index (χ1n) is 9.22. The van der Waals surface area contributed by atoms with Crippen LogP contribution in [0.15, 0.2) is 41.3 Å². The van der Waals surface area contributed by atoms with Gasteiger partial charge in [0.05, 0.1) is 15.5 Å². The standard InChI is InChI=1S/C20H24ClN3O3S/c1-4-24-10-9-14-5-6-15(11-19(14)24)22-20(25)17-12-16(7-8-18(17)21)28(26,27)23-13(2)3/h5-8,11-13,23H,4,9-10H2,1-3H3,(H,22,25). The monoisotopic (exact) mass is 421 g/mol. The molecule has 6 nitrogen and oxygen atoms in total. The zero-order valence-electron chi connectivity index (χ0n) is 16.1. The predicted octanol–water partition coefficient (Wildman–Crippen LogP) is 3.66. The molecule has 0 saturated heterocycles. The van der Waals surface area contributed by atoms with Gasteiger partial charge in [0.15, 0.2) is 0 Å². The Morgan fingerprint density at radius 1 is 1.21 bits per heavy atom. The maximum atomic E-state index is 12.8. The summed E-state index contributed by atoms with van der Waals surface area (Å²) in [5.74, 6) is -0.451. The van der Waals surface area contributed by atoms with E-state index in [9.17, 15) is 13.2 Å². The number of fused-ring (bicyclic) bond motifs is 1. The normalized spacial score (nSPS) is 13.7. The molecule has 150 valence electrons. The molecule has 28 heavy (non-hydrogen) atoms. The van der Waals surface area contributed by atoms with E-state index in [1.165, 1.54) is 23.8 Å². The van der Waals surface area contributed by atoms with Crippen molar-refractivity contribution in [1.29, 1.82) is 0 Å². The van der Waals surface area contributed by atoms with E-state index >= 15 is 0 Å². The van der Waals surface area contributed by atoms with Crippen LogP contribution in [0.25, 0.3) is 0 Å². The summed E-state index contributed by atoms with van der Waals surface area (Å²) in [6.07, 6.45) is 0.992. The molecule has 1 aliphatic heterocycles. The predicted molar refractivity (Wildman–Crippen MR) is 113 cm³/mol. The number of carbonyl (C=O) groups excluding carboxylic acids is 1. The van der Waals surface area contributed by atoms with Gasteiger partial charge in [-0.05, 0) is 63.1 Å². The summed E-state index contributed by atoms with van der Waals surface area (Å²) < 4.78 is 27.3. The number of hydrogen-bond acceptors (Lipinski definition) is 4. The van der Waals surface area contributed by atoms with Crippen molar-refractivity contribution in [3.63, 3.8) is 0 Å². The molecule has 0 aliphatic carbocycles. The van der Waals surface area contributed by atoms with Crippen molar-refractivity contribution in [2.24, 2.45) is 0 Å². The average molecular weight is 422 g/mol.